The molecule has 0 spiro atoms. The molecule has 0 atom stereocenters. The first-order valence-electron chi connectivity index (χ1n) is 6.67. The molecule has 1 aromatic heterocycles. The Morgan fingerprint density at radius 3 is 3.10 bits per heavy atom. The van der Waals surface area contributed by atoms with Gasteiger partial charge < -0.3 is 10.1 Å². The molecule has 0 radical (unpaired) electrons. The number of aromatic nitrogens is 1. The maximum absolute atomic E-state index is 11.7. The van der Waals surface area contributed by atoms with Crippen molar-refractivity contribution in [3.8, 4) is 5.75 Å². The summed E-state index contributed by atoms with van der Waals surface area (Å²) in [5.41, 5.74) is 4.04. The van der Waals surface area contributed by atoms with Crippen molar-refractivity contribution in [1.29, 1.82) is 0 Å². The van der Waals surface area contributed by atoms with E-state index in [1.54, 1.807) is 6.20 Å². The van der Waals surface area contributed by atoms with Crippen LogP contribution < -0.4 is 10.1 Å². The van der Waals surface area contributed by atoms with Gasteiger partial charge in [0.1, 0.15) is 12.4 Å². The molecule has 1 N–H and O–H groups in total. The highest BCUT2D eigenvalue weighted by atomic mass is 16.5. The number of carbonyl (C=O) groups is 1. The molecule has 0 unspecified atom stereocenters. The Bertz CT molecular complexity index is 653. The molecule has 0 aliphatic carbocycles. The van der Waals surface area contributed by atoms with E-state index >= 15 is 0 Å². The highest BCUT2D eigenvalue weighted by Crippen LogP contribution is 2.21. The predicted octanol–water partition coefficient (Wildman–Crippen LogP) is 2.25. The van der Waals surface area contributed by atoms with Gasteiger partial charge in [0.15, 0.2) is 0 Å². The number of amides is 1. The summed E-state index contributed by atoms with van der Waals surface area (Å²) < 4.78 is 5.80. The van der Waals surface area contributed by atoms with Crippen LogP contribution in [0.25, 0.3) is 0 Å². The van der Waals surface area contributed by atoms with Crippen LogP contribution in [0.3, 0.4) is 0 Å². The number of hydrogen-bond acceptors (Lipinski definition) is 3. The zero-order valence-electron chi connectivity index (χ0n) is 11.3. The van der Waals surface area contributed by atoms with Gasteiger partial charge in [-0.2, -0.15) is 0 Å². The Morgan fingerprint density at radius 1 is 1.35 bits per heavy atom. The van der Waals surface area contributed by atoms with Crippen LogP contribution in [0.2, 0.25) is 0 Å². The zero-order chi connectivity index (χ0) is 13.9. The minimum absolute atomic E-state index is 0.000837. The van der Waals surface area contributed by atoms with Crippen LogP contribution in [0.1, 0.15) is 27.0 Å². The van der Waals surface area contributed by atoms with Crippen molar-refractivity contribution < 1.29 is 9.53 Å². The minimum Gasteiger partial charge on any atom is -0.489 e. The summed E-state index contributed by atoms with van der Waals surface area (Å²) in [5, 5.41) is 2.83. The lowest BCUT2D eigenvalue weighted by Gasteiger charge is -2.17. The summed E-state index contributed by atoms with van der Waals surface area (Å²) >= 11 is 0. The molecule has 102 valence electrons. The Balaban J connectivity index is 1.76. The monoisotopic (exact) mass is 268 g/mol. The smallest absolute Gasteiger partial charge is 0.251 e. The fourth-order valence-corrected chi connectivity index (χ4v) is 2.30. The number of nitrogens with zero attached hydrogens (tertiary/aromatic N) is 1. The lowest BCUT2D eigenvalue weighted by molar-refractivity contribution is 0.0946. The largest absolute Gasteiger partial charge is 0.489 e. The molecule has 0 saturated carbocycles. The third kappa shape index (κ3) is 2.50. The number of hydrogen-bond donors (Lipinski definition) is 1. The fraction of sp³-hybridized carbons (Fsp3) is 0.250. The molecule has 1 aliphatic rings. The Morgan fingerprint density at radius 2 is 2.25 bits per heavy atom. The first-order chi connectivity index (χ1) is 9.74. The lowest BCUT2D eigenvalue weighted by Crippen LogP contribution is -2.31. The Hall–Kier alpha value is -2.36. The van der Waals surface area contributed by atoms with Gasteiger partial charge >= 0.3 is 0 Å². The molecule has 20 heavy (non-hydrogen) atoms. The van der Waals surface area contributed by atoms with E-state index in [-0.39, 0.29) is 5.91 Å². The predicted molar refractivity (Wildman–Crippen MR) is 75.8 cm³/mol. The summed E-state index contributed by atoms with van der Waals surface area (Å²) in [6.45, 7) is 3.22. The number of nitrogens with one attached hydrogen (secondary N) is 1. The topological polar surface area (TPSA) is 51.2 Å². The van der Waals surface area contributed by atoms with Gasteiger partial charge in [-0.05, 0) is 48.7 Å². The molecule has 4 nitrogen and oxygen atoms in total. The van der Waals surface area contributed by atoms with Gasteiger partial charge in [-0.25, -0.2) is 0 Å². The van der Waals surface area contributed by atoms with E-state index in [1.807, 2.05) is 37.4 Å². The van der Waals surface area contributed by atoms with Crippen LogP contribution >= 0.6 is 0 Å². The summed E-state index contributed by atoms with van der Waals surface area (Å²) in [4.78, 5) is 15.8. The molecule has 3 rings (SSSR count). The second-order valence-corrected chi connectivity index (χ2v) is 4.92. The summed E-state index contributed by atoms with van der Waals surface area (Å²) in [7, 11) is 0. The third-order valence-corrected chi connectivity index (χ3v) is 3.54. The van der Waals surface area contributed by atoms with Crippen LogP contribution in [-0.4, -0.2) is 17.4 Å². The van der Waals surface area contributed by atoms with Gasteiger partial charge in [-0.1, -0.05) is 0 Å². The molecule has 0 saturated heterocycles. The number of carbonyl (C=O) groups excluding carboxylic acids is 1. The highest BCUT2D eigenvalue weighted by molar-refractivity contribution is 5.96. The van der Waals surface area contributed by atoms with Crippen molar-refractivity contribution >= 4 is 5.91 Å². The molecule has 2 aromatic rings. The second kappa shape index (κ2) is 5.33. The molecular weight excluding hydrogens is 252 g/mol. The van der Waals surface area contributed by atoms with Crippen molar-refractivity contribution in [2.75, 3.05) is 6.54 Å². The lowest BCUT2D eigenvalue weighted by atomic mass is 10.0. The summed E-state index contributed by atoms with van der Waals surface area (Å²) in [6.07, 6.45) is 4.45. The molecule has 0 fully saturated rings. The molecule has 1 aliphatic heterocycles. The average Bonchev–Trinajstić information content (AvgIpc) is 2.46. The number of ether oxygens (including phenoxy) is 1. The van der Waals surface area contributed by atoms with Crippen LogP contribution in [-0.2, 0) is 13.0 Å². The van der Waals surface area contributed by atoms with Gasteiger partial charge in [0.2, 0.25) is 0 Å². The number of fused-ring (bicyclic) bond motifs is 1. The van der Waals surface area contributed by atoms with E-state index < -0.39 is 0 Å². The van der Waals surface area contributed by atoms with E-state index in [0.29, 0.717) is 13.2 Å². The van der Waals surface area contributed by atoms with Crippen LogP contribution in [0.15, 0.2) is 36.7 Å². The number of rotatable bonds is 3. The molecular formula is C16H16N2O2. The van der Waals surface area contributed by atoms with Crippen molar-refractivity contribution in [3.63, 3.8) is 0 Å². The van der Waals surface area contributed by atoms with Crippen LogP contribution in [0, 0.1) is 6.92 Å². The van der Waals surface area contributed by atoms with Gasteiger partial charge in [0, 0.05) is 30.1 Å². The van der Waals surface area contributed by atoms with Gasteiger partial charge in [-0.3, -0.25) is 9.78 Å². The maximum Gasteiger partial charge on any atom is 0.251 e. The molecule has 0 bridgehead atoms. The number of pyridine rings is 1. The van der Waals surface area contributed by atoms with Gasteiger partial charge in [0.25, 0.3) is 5.91 Å². The quantitative estimate of drug-likeness (QED) is 0.929. The van der Waals surface area contributed by atoms with E-state index in [0.717, 1.165) is 34.4 Å². The fourth-order valence-electron chi connectivity index (χ4n) is 2.30. The average molecular weight is 268 g/mol. The number of aryl methyl sites for hydroxylation is 1. The van der Waals surface area contributed by atoms with Crippen LogP contribution in [0.5, 0.6) is 5.75 Å². The van der Waals surface area contributed by atoms with E-state index in [1.165, 1.54) is 0 Å². The molecule has 1 aromatic carbocycles. The van der Waals surface area contributed by atoms with Gasteiger partial charge in [0.05, 0.1) is 0 Å². The van der Waals surface area contributed by atoms with Crippen molar-refractivity contribution in [2.45, 2.75) is 20.0 Å². The van der Waals surface area contributed by atoms with Crippen molar-refractivity contribution in [2.24, 2.45) is 0 Å². The van der Waals surface area contributed by atoms with Crippen molar-refractivity contribution in [3.05, 3.63) is 58.9 Å². The van der Waals surface area contributed by atoms with E-state index in [9.17, 15) is 4.79 Å². The summed E-state index contributed by atoms with van der Waals surface area (Å²) in [6, 6.07) is 7.60. The molecule has 1 amide bonds. The third-order valence-electron chi connectivity index (χ3n) is 3.54. The first-order valence-corrected chi connectivity index (χ1v) is 6.67. The van der Waals surface area contributed by atoms with Crippen LogP contribution in [0.4, 0.5) is 0 Å². The Labute approximate surface area is 117 Å². The van der Waals surface area contributed by atoms with Gasteiger partial charge in [-0.15, -0.1) is 0 Å². The standard InChI is InChI=1S/C16H16N2O2/c1-11-4-6-17-9-13(11)10-20-14-2-3-15-12(8-14)5-7-18-16(15)19/h2-4,6,8-9H,5,7,10H2,1H3,(H,18,19). The SMILES string of the molecule is Cc1ccncc1COc1ccc2c(c1)CCNC2=O. The summed E-state index contributed by atoms with van der Waals surface area (Å²) in [5.74, 6) is 0.794. The number of benzene rings is 1. The first kappa shape index (κ1) is 12.7. The molecule has 4 heteroatoms. The maximum atomic E-state index is 11.7. The zero-order valence-corrected chi connectivity index (χ0v) is 11.3. The highest BCUT2D eigenvalue weighted by Gasteiger charge is 2.16. The normalized spacial score (nSPS) is 13.6. The van der Waals surface area contributed by atoms with E-state index in [4.69, 9.17) is 4.74 Å². The van der Waals surface area contributed by atoms with E-state index in [2.05, 4.69) is 10.3 Å². The minimum atomic E-state index is 0.000837. The second-order valence-electron chi connectivity index (χ2n) is 4.92. The Kier molecular flexibility index (Phi) is 3.37. The molecule has 2 heterocycles. The van der Waals surface area contributed by atoms with Crippen molar-refractivity contribution in [1.82, 2.24) is 10.3 Å².